The summed E-state index contributed by atoms with van der Waals surface area (Å²) in [6, 6.07) is 13.3. The average molecular weight is 385 g/mol. The number of aryl methyl sites for hydroxylation is 1. The van der Waals surface area contributed by atoms with E-state index in [1.807, 2.05) is 42.5 Å². The molecule has 0 saturated heterocycles. The molecule has 4 heteroatoms. The van der Waals surface area contributed by atoms with Crippen LogP contribution >= 0.6 is 0 Å². The molecule has 2 aromatic carbocycles. The van der Waals surface area contributed by atoms with E-state index in [0.29, 0.717) is 38.2 Å². The Balaban J connectivity index is 2.07. The van der Waals surface area contributed by atoms with Gasteiger partial charge in [0.1, 0.15) is 17.2 Å². The highest BCUT2D eigenvalue weighted by molar-refractivity contribution is 5.96. The Morgan fingerprint density at radius 3 is 2.11 bits per heavy atom. The number of hydrogen-bond acceptors (Lipinski definition) is 4. The number of Topliss-reactive ketones (excluding diaryl/α,β-unsaturated/α-hetero) is 1. The SMILES string of the molecule is CCCOc1cccc(C(=O)CCc2cc(OCCC)ccc2OCCC)c1. The highest BCUT2D eigenvalue weighted by Crippen LogP contribution is 2.27. The van der Waals surface area contributed by atoms with Crippen LogP contribution in [0.3, 0.4) is 0 Å². The zero-order chi connectivity index (χ0) is 20.2. The van der Waals surface area contributed by atoms with Crippen LogP contribution in [0, 0.1) is 0 Å². The van der Waals surface area contributed by atoms with Gasteiger partial charge in [0.25, 0.3) is 0 Å². The largest absolute Gasteiger partial charge is 0.494 e. The lowest BCUT2D eigenvalue weighted by molar-refractivity contribution is 0.0982. The lowest BCUT2D eigenvalue weighted by atomic mass is 10.0. The van der Waals surface area contributed by atoms with E-state index in [1.54, 1.807) is 0 Å². The molecule has 0 aliphatic rings. The quantitative estimate of drug-likeness (QED) is 0.405. The fourth-order valence-electron chi connectivity index (χ4n) is 2.79. The standard InChI is InChI=1S/C24H32O4/c1-4-14-26-21-9-7-8-19(17-21)23(25)12-10-20-18-22(27-15-5-2)11-13-24(20)28-16-6-3/h7-9,11,13,17-18H,4-6,10,12,14-16H2,1-3H3. The Morgan fingerprint density at radius 2 is 1.43 bits per heavy atom. The summed E-state index contributed by atoms with van der Waals surface area (Å²) in [4.78, 5) is 12.7. The van der Waals surface area contributed by atoms with Crippen LogP contribution in [0.4, 0.5) is 0 Å². The van der Waals surface area contributed by atoms with E-state index >= 15 is 0 Å². The first-order chi connectivity index (χ1) is 13.7. The van der Waals surface area contributed by atoms with Gasteiger partial charge in [0.05, 0.1) is 19.8 Å². The van der Waals surface area contributed by atoms with Gasteiger partial charge in [-0.2, -0.15) is 0 Å². The lowest BCUT2D eigenvalue weighted by Crippen LogP contribution is -2.05. The van der Waals surface area contributed by atoms with Crippen molar-refractivity contribution < 1.29 is 19.0 Å². The molecule has 0 bridgehead atoms. The number of hydrogen-bond donors (Lipinski definition) is 0. The number of rotatable bonds is 13. The van der Waals surface area contributed by atoms with Crippen molar-refractivity contribution in [2.75, 3.05) is 19.8 Å². The number of carbonyl (C=O) groups excluding carboxylic acids is 1. The summed E-state index contributed by atoms with van der Waals surface area (Å²) in [5.41, 5.74) is 1.69. The molecule has 0 atom stereocenters. The highest BCUT2D eigenvalue weighted by Gasteiger charge is 2.12. The molecule has 0 N–H and O–H groups in total. The van der Waals surface area contributed by atoms with Crippen molar-refractivity contribution in [1.29, 1.82) is 0 Å². The molecule has 4 nitrogen and oxygen atoms in total. The van der Waals surface area contributed by atoms with Crippen LogP contribution in [0.1, 0.15) is 62.4 Å². The summed E-state index contributed by atoms with van der Waals surface area (Å²) >= 11 is 0. The van der Waals surface area contributed by atoms with Crippen LogP contribution < -0.4 is 14.2 Å². The first-order valence-electron chi connectivity index (χ1n) is 10.3. The molecule has 2 rings (SSSR count). The normalized spacial score (nSPS) is 10.5. The van der Waals surface area contributed by atoms with Gasteiger partial charge in [-0.15, -0.1) is 0 Å². The molecule has 2 aromatic rings. The molecule has 0 fully saturated rings. The monoisotopic (exact) mass is 384 g/mol. The minimum absolute atomic E-state index is 0.100. The maximum absolute atomic E-state index is 12.7. The summed E-state index contributed by atoms with van der Waals surface area (Å²) in [5.74, 6) is 2.50. The first-order valence-corrected chi connectivity index (χ1v) is 10.3. The average Bonchev–Trinajstić information content (AvgIpc) is 2.73. The van der Waals surface area contributed by atoms with Crippen LogP contribution in [0.25, 0.3) is 0 Å². The van der Waals surface area contributed by atoms with E-state index < -0.39 is 0 Å². The molecule has 0 radical (unpaired) electrons. The van der Waals surface area contributed by atoms with Crippen molar-refractivity contribution in [1.82, 2.24) is 0 Å². The van der Waals surface area contributed by atoms with Crippen LogP contribution in [0.15, 0.2) is 42.5 Å². The smallest absolute Gasteiger partial charge is 0.163 e. The van der Waals surface area contributed by atoms with Gasteiger partial charge in [-0.25, -0.2) is 0 Å². The van der Waals surface area contributed by atoms with Crippen molar-refractivity contribution >= 4 is 5.78 Å². The molecule has 0 unspecified atom stereocenters. The molecule has 0 saturated carbocycles. The maximum atomic E-state index is 12.7. The lowest BCUT2D eigenvalue weighted by Gasteiger charge is -2.13. The second-order valence-corrected chi connectivity index (χ2v) is 6.77. The van der Waals surface area contributed by atoms with Crippen molar-refractivity contribution in [3.05, 3.63) is 53.6 Å². The van der Waals surface area contributed by atoms with Gasteiger partial charge < -0.3 is 14.2 Å². The Bertz CT molecular complexity index is 739. The summed E-state index contributed by atoms with van der Waals surface area (Å²) in [6.45, 7) is 8.21. The molecule has 0 aliphatic heterocycles. The van der Waals surface area contributed by atoms with Gasteiger partial charge in [0.15, 0.2) is 5.78 Å². The molecule has 28 heavy (non-hydrogen) atoms. The third-order valence-corrected chi connectivity index (χ3v) is 4.22. The van der Waals surface area contributed by atoms with Gasteiger partial charge in [-0.05, 0) is 61.6 Å². The first kappa shape index (κ1) is 21.8. The number of carbonyl (C=O) groups is 1. The second-order valence-electron chi connectivity index (χ2n) is 6.77. The third-order valence-electron chi connectivity index (χ3n) is 4.22. The zero-order valence-electron chi connectivity index (χ0n) is 17.3. The molecule has 0 aromatic heterocycles. The van der Waals surface area contributed by atoms with Gasteiger partial charge >= 0.3 is 0 Å². The number of benzene rings is 2. The van der Waals surface area contributed by atoms with Gasteiger partial charge in [0.2, 0.25) is 0 Å². The minimum atomic E-state index is 0.100. The fraction of sp³-hybridized carbons (Fsp3) is 0.458. The van der Waals surface area contributed by atoms with Crippen molar-refractivity contribution in [3.63, 3.8) is 0 Å². The van der Waals surface area contributed by atoms with E-state index in [1.165, 1.54) is 0 Å². The molecule has 0 spiro atoms. The topological polar surface area (TPSA) is 44.8 Å². The maximum Gasteiger partial charge on any atom is 0.163 e. The zero-order valence-corrected chi connectivity index (χ0v) is 17.3. The molecular weight excluding hydrogens is 352 g/mol. The molecule has 0 aliphatic carbocycles. The Kier molecular flexibility index (Phi) is 9.40. The van der Waals surface area contributed by atoms with E-state index in [-0.39, 0.29) is 5.78 Å². The van der Waals surface area contributed by atoms with Gasteiger partial charge in [-0.3, -0.25) is 4.79 Å². The van der Waals surface area contributed by atoms with Crippen LogP contribution in [0.5, 0.6) is 17.2 Å². The number of ketones is 1. The van der Waals surface area contributed by atoms with Crippen LogP contribution in [-0.2, 0) is 6.42 Å². The fourth-order valence-corrected chi connectivity index (χ4v) is 2.79. The van der Waals surface area contributed by atoms with Crippen molar-refractivity contribution in [2.45, 2.75) is 52.9 Å². The summed E-state index contributed by atoms with van der Waals surface area (Å²) in [5, 5.41) is 0. The molecule has 0 amide bonds. The van der Waals surface area contributed by atoms with Crippen LogP contribution in [0.2, 0.25) is 0 Å². The molecular formula is C24H32O4. The Morgan fingerprint density at radius 1 is 0.786 bits per heavy atom. The molecule has 152 valence electrons. The summed E-state index contributed by atoms with van der Waals surface area (Å²) < 4.78 is 17.2. The van der Waals surface area contributed by atoms with Gasteiger partial charge in [0, 0.05) is 12.0 Å². The predicted molar refractivity (Wildman–Crippen MR) is 113 cm³/mol. The van der Waals surface area contributed by atoms with Crippen LogP contribution in [-0.4, -0.2) is 25.6 Å². The molecule has 0 heterocycles. The van der Waals surface area contributed by atoms with Crippen molar-refractivity contribution in [2.24, 2.45) is 0 Å². The van der Waals surface area contributed by atoms with E-state index in [2.05, 4.69) is 20.8 Å². The Labute approximate surface area is 168 Å². The summed E-state index contributed by atoms with van der Waals surface area (Å²) in [6.07, 6.45) is 3.86. The van der Waals surface area contributed by atoms with Gasteiger partial charge in [-0.1, -0.05) is 32.9 Å². The van der Waals surface area contributed by atoms with E-state index in [0.717, 1.165) is 42.1 Å². The highest BCUT2D eigenvalue weighted by atomic mass is 16.5. The van der Waals surface area contributed by atoms with E-state index in [9.17, 15) is 4.79 Å². The number of ether oxygens (including phenoxy) is 3. The second kappa shape index (κ2) is 12.1. The third kappa shape index (κ3) is 6.91. The predicted octanol–water partition coefficient (Wildman–Crippen LogP) is 5.87. The Hall–Kier alpha value is -2.49. The minimum Gasteiger partial charge on any atom is -0.494 e. The van der Waals surface area contributed by atoms with Crippen molar-refractivity contribution in [3.8, 4) is 17.2 Å². The summed E-state index contributed by atoms with van der Waals surface area (Å²) in [7, 11) is 0. The van der Waals surface area contributed by atoms with E-state index in [4.69, 9.17) is 14.2 Å².